The molecule has 1 fully saturated rings. The smallest absolute Gasteiger partial charge is 0.166 e. The van der Waals surface area contributed by atoms with E-state index < -0.39 is 0 Å². The van der Waals surface area contributed by atoms with Gasteiger partial charge in [-0.3, -0.25) is 4.79 Å². The van der Waals surface area contributed by atoms with Gasteiger partial charge in [0.15, 0.2) is 5.78 Å². The van der Waals surface area contributed by atoms with Crippen LogP contribution in [0.15, 0.2) is 24.3 Å². The van der Waals surface area contributed by atoms with Crippen molar-refractivity contribution in [2.75, 3.05) is 6.61 Å². The Balaban J connectivity index is 2.10. The van der Waals surface area contributed by atoms with Gasteiger partial charge < -0.3 is 4.74 Å². The van der Waals surface area contributed by atoms with E-state index >= 15 is 0 Å². The van der Waals surface area contributed by atoms with Crippen LogP contribution in [-0.2, 0) is 0 Å². The van der Waals surface area contributed by atoms with Crippen molar-refractivity contribution in [3.63, 3.8) is 0 Å². The summed E-state index contributed by atoms with van der Waals surface area (Å²) in [7, 11) is 0. The number of Topliss-reactive ketones (excluding diaryl/α,β-unsaturated/α-hetero) is 1. The van der Waals surface area contributed by atoms with Gasteiger partial charge in [-0.2, -0.15) is 0 Å². The van der Waals surface area contributed by atoms with Crippen LogP contribution in [-0.4, -0.2) is 12.4 Å². The standard InChI is InChI=1S/C15H20O2/c1-3-17-14-6-4-5-12(10-14)15(16)13-8-7-11(2)9-13/h4-6,10-11,13H,3,7-9H2,1-2H3. The summed E-state index contributed by atoms with van der Waals surface area (Å²) in [6, 6.07) is 7.57. The maximum Gasteiger partial charge on any atom is 0.166 e. The Hall–Kier alpha value is -1.31. The highest BCUT2D eigenvalue weighted by Crippen LogP contribution is 2.33. The van der Waals surface area contributed by atoms with E-state index in [0.29, 0.717) is 12.5 Å². The van der Waals surface area contributed by atoms with Crippen molar-refractivity contribution < 1.29 is 9.53 Å². The Morgan fingerprint density at radius 3 is 2.88 bits per heavy atom. The molecule has 1 saturated carbocycles. The molecule has 2 nitrogen and oxygen atoms in total. The first-order valence-corrected chi connectivity index (χ1v) is 6.47. The molecule has 0 heterocycles. The van der Waals surface area contributed by atoms with Crippen LogP contribution in [0, 0.1) is 11.8 Å². The van der Waals surface area contributed by atoms with Crippen LogP contribution in [0.5, 0.6) is 5.75 Å². The molecule has 17 heavy (non-hydrogen) atoms. The molecular weight excluding hydrogens is 212 g/mol. The quantitative estimate of drug-likeness (QED) is 0.740. The third kappa shape index (κ3) is 2.87. The minimum Gasteiger partial charge on any atom is -0.494 e. The Labute approximate surface area is 103 Å². The van der Waals surface area contributed by atoms with Gasteiger partial charge in [0, 0.05) is 11.5 Å². The van der Waals surface area contributed by atoms with Crippen LogP contribution in [0.3, 0.4) is 0 Å². The second-order valence-electron chi connectivity index (χ2n) is 4.94. The second kappa shape index (κ2) is 5.35. The zero-order chi connectivity index (χ0) is 12.3. The molecule has 92 valence electrons. The van der Waals surface area contributed by atoms with Crippen molar-refractivity contribution in [1.29, 1.82) is 0 Å². The topological polar surface area (TPSA) is 26.3 Å². The van der Waals surface area contributed by atoms with Gasteiger partial charge in [0.25, 0.3) is 0 Å². The number of ether oxygens (including phenoxy) is 1. The van der Waals surface area contributed by atoms with E-state index in [1.54, 1.807) is 0 Å². The van der Waals surface area contributed by atoms with Crippen molar-refractivity contribution >= 4 is 5.78 Å². The summed E-state index contributed by atoms with van der Waals surface area (Å²) in [5.74, 6) is 2.00. The van der Waals surface area contributed by atoms with E-state index in [0.717, 1.165) is 24.2 Å². The monoisotopic (exact) mass is 232 g/mol. The average molecular weight is 232 g/mol. The molecule has 1 aliphatic rings. The van der Waals surface area contributed by atoms with E-state index in [9.17, 15) is 4.79 Å². The lowest BCUT2D eigenvalue weighted by molar-refractivity contribution is 0.0920. The summed E-state index contributed by atoms with van der Waals surface area (Å²) >= 11 is 0. The van der Waals surface area contributed by atoms with Crippen LogP contribution in [0.25, 0.3) is 0 Å². The van der Waals surface area contributed by atoms with E-state index in [1.165, 1.54) is 6.42 Å². The molecule has 2 heteroatoms. The molecule has 1 aromatic rings. The van der Waals surface area contributed by atoms with Crippen LogP contribution in [0.4, 0.5) is 0 Å². The van der Waals surface area contributed by atoms with Crippen molar-refractivity contribution in [3.8, 4) is 5.75 Å². The summed E-state index contributed by atoms with van der Waals surface area (Å²) in [5.41, 5.74) is 0.801. The number of carbonyl (C=O) groups excluding carboxylic acids is 1. The summed E-state index contributed by atoms with van der Waals surface area (Å²) < 4.78 is 5.43. The van der Waals surface area contributed by atoms with Crippen molar-refractivity contribution in [1.82, 2.24) is 0 Å². The lowest BCUT2D eigenvalue weighted by Gasteiger charge is -2.10. The molecule has 0 N–H and O–H groups in total. The molecular formula is C15H20O2. The first-order valence-electron chi connectivity index (χ1n) is 6.47. The molecule has 0 aromatic heterocycles. The first kappa shape index (κ1) is 12.2. The Morgan fingerprint density at radius 2 is 2.24 bits per heavy atom. The number of hydrogen-bond donors (Lipinski definition) is 0. The van der Waals surface area contributed by atoms with Crippen LogP contribution >= 0.6 is 0 Å². The molecule has 0 radical (unpaired) electrons. The minimum absolute atomic E-state index is 0.224. The van der Waals surface area contributed by atoms with E-state index in [2.05, 4.69) is 6.92 Å². The highest BCUT2D eigenvalue weighted by atomic mass is 16.5. The number of hydrogen-bond acceptors (Lipinski definition) is 2. The molecule has 1 aromatic carbocycles. The Morgan fingerprint density at radius 1 is 1.41 bits per heavy atom. The number of benzene rings is 1. The predicted octanol–water partition coefficient (Wildman–Crippen LogP) is 3.70. The van der Waals surface area contributed by atoms with Crippen LogP contribution < -0.4 is 4.74 Å². The van der Waals surface area contributed by atoms with Crippen molar-refractivity contribution in [2.24, 2.45) is 11.8 Å². The number of rotatable bonds is 4. The molecule has 0 saturated heterocycles. The van der Waals surface area contributed by atoms with E-state index in [1.807, 2.05) is 31.2 Å². The van der Waals surface area contributed by atoms with Crippen molar-refractivity contribution in [3.05, 3.63) is 29.8 Å². The van der Waals surface area contributed by atoms with Gasteiger partial charge in [0.05, 0.1) is 6.61 Å². The summed E-state index contributed by atoms with van der Waals surface area (Å²) in [5, 5.41) is 0. The Kier molecular flexibility index (Phi) is 3.82. The molecule has 2 atom stereocenters. The van der Waals surface area contributed by atoms with E-state index in [4.69, 9.17) is 4.74 Å². The lowest BCUT2D eigenvalue weighted by atomic mass is 9.95. The summed E-state index contributed by atoms with van der Waals surface area (Å²) in [6.45, 7) is 4.81. The summed E-state index contributed by atoms with van der Waals surface area (Å²) in [4.78, 5) is 12.3. The number of carbonyl (C=O) groups is 1. The van der Waals surface area contributed by atoms with Crippen LogP contribution in [0.1, 0.15) is 43.5 Å². The van der Waals surface area contributed by atoms with Crippen LogP contribution in [0.2, 0.25) is 0 Å². The van der Waals surface area contributed by atoms with Gasteiger partial charge in [-0.1, -0.05) is 19.1 Å². The van der Waals surface area contributed by atoms with Gasteiger partial charge in [0.1, 0.15) is 5.75 Å². The molecule has 0 amide bonds. The fraction of sp³-hybridized carbons (Fsp3) is 0.533. The first-order chi connectivity index (χ1) is 8.20. The third-order valence-corrected chi connectivity index (χ3v) is 3.50. The van der Waals surface area contributed by atoms with E-state index in [-0.39, 0.29) is 11.7 Å². The van der Waals surface area contributed by atoms with Gasteiger partial charge >= 0.3 is 0 Å². The normalized spacial score (nSPS) is 23.6. The van der Waals surface area contributed by atoms with Gasteiger partial charge in [-0.15, -0.1) is 0 Å². The Bertz CT molecular complexity index is 398. The van der Waals surface area contributed by atoms with Crippen molar-refractivity contribution in [2.45, 2.75) is 33.1 Å². The SMILES string of the molecule is CCOc1cccc(C(=O)C2CCC(C)C2)c1. The molecule has 2 rings (SSSR count). The maximum absolute atomic E-state index is 12.3. The van der Waals surface area contributed by atoms with Gasteiger partial charge in [-0.25, -0.2) is 0 Å². The number of ketones is 1. The third-order valence-electron chi connectivity index (χ3n) is 3.50. The molecule has 0 spiro atoms. The van der Waals surface area contributed by atoms with Gasteiger partial charge in [-0.05, 0) is 44.2 Å². The fourth-order valence-electron chi connectivity index (χ4n) is 2.59. The largest absolute Gasteiger partial charge is 0.494 e. The average Bonchev–Trinajstić information content (AvgIpc) is 2.76. The van der Waals surface area contributed by atoms with Gasteiger partial charge in [0.2, 0.25) is 0 Å². The minimum atomic E-state index is 0.224. The molecule has 2 unspecified atom stereocenters. The zero-order valence-corrected chi connectivity index (χ0v) is 10.6. The highest BCUT2D eigenvalue weighted by molar-refractivity contribution is 5.98. The zero-order valence-electron chi connectivity index (χ0n) is 10.6. The lowest BCUT2D eigenvalue weighted by Crippen LogP contribution is -2.11. The highest BCUT2D eigenvalue weighted by Gasteiger charge is 2.28. The molecule has 0 bridgehead atoms. The fourth-order valence-corrected chi connectivity index (χ4v) is 2.59. The summed E-state index contributed by atoms with van der Waals surface area (Å²) in [6.07, 6.45) is 3.26. The maximum atomic E-state index is 12.3. The molecule has 1 aliphatic carbocycles. The second-order valence-corrected chi connectivity index (χ2v) is 4.94. The predicted molar refractivity (Wildman–Crippen MR) is 68.4 cm³/mol. The molecule has 0 aliphatic heterocycles.